The van der Waals surface area contributed by atoms with Gasteiger partial charge in [-0.1, -0.05) is 0 Å². The molecule has 0 atom stereocenters. The van der Waals surface area contributed by atoms with Crippen molar-refractivity contribution in [1.82, 2.24) is 0 Å². The van der Waals surface area contributed by atoms with Crippen molar-refractivity contribution in [3.63, 3.8) is 0 Å². The molecule has 0 radical (unpaired) electrons. The lowest BCUT2D eigenvalue weighted by atomic mass is 10.2. The molecule has 6 heteroatoms. The molecule has 4 nitrogen and oxygen atoms in total. The van der Waals surface area contributed by atoms with Gasteiger partial charge in [0, 0.05) is 5.69 Å². The van der Waals surface area contributed by atoms with Gasteiger partial charge in [-0.25, -0.2) is 9.18 Å². The number of amides is 1. The molecule has 0 aliphatic heterocycles. The summed E-state index contributed by atoms with van der Waals surface area (Å²) in [5, 5.41) is 2.35. The fourth-order valence-corrected chi connectivity index (χ4v) is 1.13. The van der Waals surface area contributed by atoms with Crippen LogP contribution in [0.25, 0.3) is 0 Å². The zero-order valence-electron chi connectivity index (χ0n) is 8.42. The van der Waals surface area contributed by atoms with E-state index in [4.69, 9.17) is 11.6 Å². The summed E-state index contributed by atoms with van der Waals surface area (Å²) in [6, 6.07) is 3.64. The molecule has 0 aliphatic carbocycles. The first-order valence-corrected chi connectivity index (χ1v) is 4.85. The SMILES string of the molecule is COC(=O)c1ccc(NC(=O)CCl)cc1F. The molecule has 0 aromatic heterocycles. The van der Waals surface area contributed by atoms with Gasteiger partial charge in [-0.05, 0) is 18.2 Å². The highest BCUT2D eigenvalue weighted by Crippen LogP contribution is 2.15. The van der Waals surface area contributed by atoms with Crippen LogP contribution in [0, 0.1) is 5.82 Å². The number of esters is 1. The largest absolute Gasteiger partial charge is 0.465 e. The van der Waals surface area contributed by atoms with Crippen molar-refractivity contribution in [2.75, 3.05) is 18.3 Å². The number of nitrogens with one attached hydrogen (secondary N) is 1. The quantitative estimate of drug-likeness (QED) is 0.653. The molecule has 0 spiro atoms. The normalized spacial score (nSPS) is 9.69. The lowest BCUT2D eigenvalue weighted by molar-refractivity contribution is -0.113. The van der Waals surface area contributed by atoms with Crippen molar-refractivity contribution in [2.24, 2.45) is 0 Å². The minimum Gasteiger partial charge on any atom is -0.465 e. The fraction of sp³-hybridized carbons (Fsp3) is 0.200. The fourth-order valence-electron chi connectivity index (χ4n) is 1.06. The van der Waals surface area contributed by atoms with Crippen molar-refractivity contribution >= 4 is 29.2 Å². The van der Waals surface area contributed by atoms with E-state index >= 15 is 0 Å². The van der Waals surface area contributed by atoms with Crippen molar-refractivity contribution in [2.45, 2.75) is 0 Å². The Bertz CT molecular complexity index is 423. The van der Waals surface area contributed by atoms with E-state index in [1.165, 1.54) is 12.1 Å². The van der Waals surface area contributed by atoms with Crippen LogP contribution in [0.5, 0.6) is 0 Å². The molecule has 1 N–H and O–H groups in total. The molecule has 1 rings (SSSR count). The molecular weight excluding hydrogens is 237 g/mol. The Kier molecular flexibility index (Phi) is 4.25. The Morgan fingerprint density at radius 2 is 2.19 bits per heavy atom. The smallest absolute Gasteiger partial charge is 0.340 e. The highest BCUT2D eigenvalue weighted by atomic mass is 35.5. The lowest BCUT2D eigenvalue weighted by Crippen LogP contribution is -2.13. The van der Waals surface area contributed by atoms with Gasteiger partial charge in [-0.3, -0.25) is 4.79 Å². The minimum absolute atomic E-state index is 0.189. The Morgan fingerprint density at radius 3 is 2.69 bits per heavy atom. The summed E-state index contributed by atoms with van der Waals surface area (Å²) in [7, 11) is 1.16. The Balaban J connectivity index is 2.91. The Hall–Kier alpha value is -1.62. The van der Waals surface area contributed by atoms with Crippen molar-refractivity contribution in [3.05, 3.63) is 29.6 Å². The second-order valence-electron chi connectivity index (χ2n) is 2.87. The van der Waals surface area contributed by atoms with Gasteiger partial charge in [0.1, 0.15) is 11.7 Å². The highest BCUT2D eigenvalue weighted by molar-refractivity contribution is 6.29. The first kappa shape index (κ1) is 12.4. The van der Waals surface area contributed by atoms with Crippen LogP contribution in [0.3, 0.4) is 0 Å². The van der Waals surface area contributed by atoms with E-state index in [2.05, 4.69) is 10.1 Å². The number of halogens is 2. The monoisotopic (exact) mass is 245 g/mol. The number of methoxy groups -OCH3 is 1. The zero-order valence-corrected chi connectivity index (χ0v) is 9.18. The van der Waals surface area contributed by atoms with Crippen molar-refractivity contribution < 1.29 is 18.7 Å². The summed E-state index contributed by atoms with van der Waals surface area (Å²) in [6.07, 6.45) is 0. The van der Waals surface area contributed by atoms with Crippen LogP contribution in [-0.4, -0.2) is 24.9 Å². The molecule has 0 aliphatic rings. The number of anilines is 1. The van der Waals surface area contributed by atoms with E-state index in [0.29, 0.717) is 0 Å². The van der Waals surface area contributed by atoms with Crippen molar-refractivity contribution in [3.8, 4) is 0 Å². The average molecular weight is 246 g/mol. The standard InChI is InChI=1S/C10H9ClFNO3/c1-16-10(15)7-3-2-6(4-8(7)12)13-9(14)5-11/h2-4H,5H2,1H3,(H,13,14). The van der Waals surface area contributed by atoms with Crippen LogP contribution in [0.15, 0.2) is 18.2 Å². The molecule has 1 aromatic rings. The summed E-state index contributed by atoms with van der Waals surface area (Å²) in [6.45, 7) is 0. The summed E-state index contributed by atoms with van der Waals surface area (Å²) in [5.41, 5.74) is 0.0437. The van der Waals surface area contributed by atoms with Crippen LogP contribution < -0.4 is 5.32 Å². The van der Waals surface area contributed by atoms with Gasteiger partial charge >= 0.3 is 5.97 Å². The van der Waals surface area contributed by atoms with Crippen molar-refractivity contribution in [1.29, 1.82) is 0 Å². The molecule has 0 unspecified atom stereocenters. The predicted octanol–water partition coefficient (Wildman–Crippen LogP) is 1.79. The highest BCUT2D eigenvalue weighted by Gasteiger charge is 2.12. The Morgan fingerprint density at radius 1 is 1.50 bits per heavy atom. The average Bonchev–Trinajstić information content (AvgIpc) is 2.28. The molecule has 0 fully saturated rings. The third kappa shape index (κ3) is 2.93. The van der Waals surface area contributed by atoms with Crippen LogP contribution in [0.4, 0.5) is 10.1 Å². The van der Waals surface area contributed by atoms with E-state index in [0.717, 1.165) is 13.2 Å². The van der Waals surface area contributed by atoms with E-state index < -0.39 is 17.7 Å². The predicted molar refractivity (Wildman–Crippen MR) is 57.1 cm³/mol. The molecule has 0 saturated carbocycles. The van der Waals surface area contributed by atoms with E-state index in [9.17, 15) is 14.0 Å². The van der Waals surface area contributed by atoms with Gasteiger partial charge in [0.2, 0.25) is 5.91 Å². The molecule has 1 amide bonds. The molecule has 16 heavy (non-hydrogen) atoms. The summed E-state index contributed by atoms with van der Waals surface area (Å²) in [5.74, 6) is -2.21. The maximum absolute atomic E-state index is 13.4. The second-order valence-corrected chi connectivity index (χ2v) is 3.14. The zero-order chi connectivity index (χ0) is 12.1. The van der Waals surface area contributed by atoms with Gasteiger partial charge in [0.25, 0.3) is 0 Å². The van der Waals surface area contributed by atoms with Gasteiger partial charge in [0.05, 0.1) is 12.7 Å². The maximum atomic E-state index is 13.4. The van der Waals surface area contributed by atoms with E-state index in [-0.39, 0.29) is 17.1 Å². The van der Waals surface area contributed by atoms with Gasteiger partial charge in [-0.15, -0.1) is 11.6 Å². The number of benzene rings is 1. The van der Waals surface area contributed by atoms with E-state index in [1.54, 1.807) is 0 Å². The summed E-state index contributed by atoms with van der Waals surface area (Å²) < 4.78 is 17.7. The van der Waals surface area contributed by atoms with Gasteiger partial charge in [0.15, 0.2) is 0 Å². The molecule has 86 valence electrons. The minimum atomic E-state index is -0.771. The first-order valence-electron chi connectivity index (χ1n) is 4.32. The number of alkyl halides is 1. The number of carbonyl (C=O) groups is 2. The van der Waals surface area contributed by atoms with Gasteiger partial charge < -0.3 is 10.1 Å². The van der Waals surface area contributed by atoms with Crippen LogP contribution >= 0.6 is 11.6 Å². The third-order valence-electron chi connectivity index (χ3n) is 1.78. The molecule has 1 aromatic carbocycles. The molecule has 0 bridgehead atoms. The number of rotatable bonds is 3. The lowest BCUT2D eigenvalue weighted by Gasteiger charge is -2.05. The summed E-state index contributed by atoms with van der Waals surface area (Å²) >= 11 is 5.27. The molecular formula is C10H9ClFNO3. The third-order valence-corrected chi connectivity index (χ3v) is 2.02. The Labute approximate surface area is 96.3 Å². The number of hydrogen-bond acceptors (Lipinski definition) is 3. The molecule has 0 saturated heterocycles. The first-order chi connectivity index (χ1) is 7.58. The second kappa shape index (κ2) is 5.46. The molecule has 0 heterocycles. The maximum Gasteiger partial charge on any atom is 0.340 e. The number of ether oxygens (including phenoxy) is 1. The topological polar surface area (TPSA) is 55.4 Å². The van der Waals surface area contributed by atoms with Crippen LogP contribution in [-0.2, 0) is 9.53 Å². The van der Waals surface area contributed by atoms with Crippen LogP contribution in [0.2, 0.25) is 0 Å². The number of hydrogen-bond donors (Lipinski definition) is 1. The van der Waals surface area contributed by atoms with E-state index in [1.807, 2.05) is 0 Å². The number of carbonyl (C=O) groups excluding carboxylic acids is 2. The summed E-state index contributed by atoms with van der Waals surface area (Å²) in [4.78, 5) is 22.0. The van der Waals surface area contributed by atoms with Crippen LogP contribution in [0.1, 0.15) is 10.4 Å². The van der Waals surface area contributed by atoms with Gasteiger partial charge in [-0.2, -0.15) is 0 Å².